The molecule has 0 saturated heterocycles. The number of hydrogen-bond acceptors (Lipinski definition) is 2. The summed E-state index contributed by atoms with van der Waals surface area (Å²) in [5.41, 5.74) is -0.637. The summed E-state index contributed by atoms with van der Waals surface area (Å²) < 4.78 is 0. The van der Waals surface area contributed by atoms with Gasteiger partial charge in [0.1, 0.15) is 0 Å². The van der Waals surface area contributed by atoms with Gasteiger partial charge in [-0.3, -0.25) is 9.59 Å². The Labute approximate surface area is 281 Å². The lowest BCUT2D eigenvalue weighted by molar-refractivity contribution is -0.152. The summed E-state index contributed by atoms with van der Waals surface area (Å²) >= 11 is 0. The van der Waals surface area contributed by atoms with E-state index in [2.05, 4.69) is 27.7 Å². The third-order valence-corrected chi connectivity index (χ3v) is 10.5. The van der Waals surface area contributed by atoms with Gasteiger partial charge in [0.25, 0.3) is 0 Å². The van der Waals surface area contributed by atoms with Crippen LogP contribution in [0.1, 0.15) is 233 Å². The zero-order chi connectivity index (χ0) is 33.4. The number of unbranched alkanes of at least 4 members (excludes halogenated alkanes) is 19. The highest BCUT2D eigenvalue weighted by atomic mass is 16.4. The van der Waals surface area contributed by atoms with Crippen molar-refractivity contribution >= 4 is 11.9 Å². The average Bonchev–Trinajstić information content (AvgIpc) is 3.01. The highest BCUT2D eigenvalue weighted by molar-refractivity contribution is 5.74. The zero-order valence-electron chi connectivity index (χ0n) is 31.0. The molecule has 0 aliphatic rings. The number of rotatable bonds is 36. The summed E-state index contributed by atoms with van der Waals surface area (Å²) in [5.74, 6) is -0.260. The molecule has 0 aromatic rings. The van der Waals surface area contributed by atoms with Crippen molar-refractivity contribution in [1.29, 1.82) is 0 Å². The van der Waals surface area contributed by atoms with Crippen molar-refractivity contribution in [3.63, 3.8) is 0 Å². The van der Waals surface area contributed by atoms with Crippen LogP contribution < -0.4 is 0 Å². The second-order valence-electron chi connectivity index (χ2n) is 14.8. The van der Waals surface area contributed by atoms with E-state index in [1.54, 1.807) is 0 Å². The van der Waals surface area contributed by atoms with E-state index in [4.69, 9.17) is 5.11 Å². The highest BCUT2D eigenvalue weighted by Crippen LogP contribution is 2.44. The van der Waals surface area contributed by atoms with E-state index in [-0.39, 0.29) is 6.42 Å². The van der Waals surface area contributed by atoms with Gasteiger partial charge in [-0.15, -0.1) is 0 Å². The Hall–Kier alpha value is -1.06. The number of carboxylic acids is 2. The van der Waals surface area contributed by atoms with Crippen LogP contribution in [-0.2, 0) is 9.59 Å². The quantitative estimate of drug-likeness (QED) is 0.0671. The molecule has 45 heavy (non-hydrogen) atoms. The SMILES string of the molecule is CCCCCCCCC(CCCCCC)CC(CCCCCCC(=O)O)(CC(CCCCCC)CCCCCCCC)C(=O)O. The highest BCUT2D eigenvalue weighted by Gasteiger charge is 2.41. The molecule has 0 saturated carbocycles. The predicted molar refractivity (Wildman–Crippen MR) is 195 cm³/mol. The number of aliphatic carboxylic acids is 2. The van der Waals surface area contributed by atoms with E-state index in [0.717, 1.165) is 38.5 Å². The Kier molecular flexibility index (Phi) is 30.8. The van der Waals surface area contributed by atoms with Gasteiger partial charge in [-0.2, -0.15) is 0 Å². The summed E-state index contributed by atoms with van der Waals surface area (Å²) in [7, 11) is 0. The second-order valence-corrected chi connectivity index (χ2v) is 14.8. The fraction of sp³-hybridized carbons (Fsp3) is 0.951. The zero-order valence-corrected chi connectivity index (χ0v) is 31.0. The molecule has 0 fully saturated rings. The van der Waals surface area contributed by atoms with Crippen molar-refractivity contribution < 1.29 is 19.8 Å². The van der Waals surface area contributed by atoms with Gasteiger partial charge in [-0.1, -0.05) is 201 Å². The molecule has 268 valence electrons. The molecule has 0 aromatic carbocycles. The molecular weight excluding hydrogens is 556 g/mol. The molecule has 0 spiro atoms. The maximum atomic E-state index is 13.5. The molecule has 0 aliphatic heterocycles. The van der Waals surface area contributed by atoms with Crippen LogP contribution in [0.25, 0.3) is 0 Å². The average molecular weight is 637 g/mol. The van der Waals surface area contributed by atoms with Gasteiger partial charge in [0, 0.05) is 6.42 Å². The molecule has 2 unspecified atom stereocenters. The normalized spacial score (nSPS) is 14.3. The fourth-order valence-corrected chi connectivity index (χ4v) is 7.61. The van der Waals surface area contributed by atoms with Crippen LogP contribution in [0.5, 0.6) is 0 Å². The summed E-state index contributed by atoms with van der Waals surface area (Å²) in [4.78, 5) is 24.5. The molecule has 0 radical (unpaired) electrons. The van der Waals surface area contributed by atoms with Crippen molar-refractivity contribution in [2.24, 2.45) is 17.3 Å². The van der Waals surface area contributed by atoms with Crippen molar-refractivity contribution in [2.75, 3.05) is 0 Å². The molecule has 0 aliphatic carbocycles. The van der Waals surface area contributed by atoms with E-state index in [0.29, 0.717) is 18.3 Å². The largest absolute Gasteiger partial charge is 0.481 e. The summed E-state index contributed by atoms with van der Waals surface area (Å²) in [6.45, 7) is 9.08. The first-order valence-corrected chi connectivity index (χ1v) is 20.3. The Bertz CT molecular complexity index is 626. The van der Waals surface area contributed by atoms with E-state index < -0.39 is 17.4 Å². The second kappa shape index (κ2) is 31.5. The van der Waals surface area contributed by atoms with Gasteiger partial charge in [0.15, 0.2) is 0 Å². The van der Waals surface area contributed by atoms with Crippen LogP contribution in [0.15, 0.2) is 0 Å². The molecule has 4 nitrogen and oxygen atoms in total. The van der Waals surface area contributed by atoms with Crippen molar-refractivity contribution in [3.05, 3.63) is 0 Å². The molecule has 0 amide bonds. The summed E-state index contributed by atoms with van der Waals surface area (Å²) in [6, 6.07) is 0. The van der Waals surface area contributed by atoms with Crippen LogP contribution in [0.3, 0.4) is 0 Å². The maximum Gasteiger partial charge on any atom is 0.309 e. The third-order valence-electron chi connectivity index (χ3n) is 10.5. The minimum absolute atomic E-state index is 0.222. The van der Waals surface area contributed by atoms with Gasteiger partial charge in [0.05, 0.1) is 5.41 Å². The smallest absolute Gasteiger partial charge is 0.309 e. The number of carbonyl (C=O) groups is 2. The van der Waals surface area contributed by atoms with E-state index in [1.807, 2.05) is 0 Å². The Morgan fingerprint density at radius 1 is 0.444 bits per heavy atom. The first kappa shape index (κ1) is 43.9. The van der Waals surface area contributed by atoms with Crippen molar-refractivity contribution in [3.8, 4) is 0 Å². The van der Waals surface area contributed by atoms with Crippen LogP contribution >= 0.6 is 0 Å². The lowest BCUT2D eigenvalue weighted by Gasteiger charge is -2.37. The van der Waals surface area contributed by atoms with Gasteiger partial charge < -0.3 is 10.2 Å². The van der Waals surface area contributed by atoms with E-state index in [9.17, 15) is 14.7 Å². The molecule has 0 heterocycles. The molecular formula is C41H80O4. The lowest BCUT2D eigenvalue weighted by atomic mass is 9.67. The number of carboxylic acid groups (broad SMARTS) is 2. The van der Waals surface area contributed by atoms with Crippen molar-refractivity contribution in [1.82, 2.24) is 0 Å². The summed E-state index contributed by atoms with van der Waals surface area (Å²) in [5, 5.41) is 20.1. The van der Waals surface area contributed by atoms with Gasteiger partial charge in [0.2, 0.25) is 0 Å². The Balaban J connectivity index is 5.83. The standard InChI is InChI=1S/C41H80O4/c1-5-9-13-17-19-25-31-37(29-23-15-11-7-3)35-41(40(44)45,34-28-22-21-27-33-39(42)43)36-38(30-24-16-12-8-4)32-26-20-18-14-10-6-2/h37-38H,5-36H2,1-4H3,(H,42,43)(H,44,45). The van der Waals surface area contributed by atoms with Crippen LogP contribution in [-0.4, -0.2) is 22.2 Å². The third kappa shape index (κ3) is 25.7. The molecule has 4 heteroatoms. The first-order chi connectivity index (χ1) is 21.8. The van der Waals surface area contributed by atoms with Crippen LogP contribution in [0.4, 0.5) is 0 Å². The van der Waals surface area contributed by atoms with Crippen LogP contribution in [0, 0.1) is 17.3 Å². The Morgan fingerprint density at radius 3 is 1.11 bits per heavy atom. The molecule has 0 bridgehead atoms. The first-order valence-electron chi connectivity index (χ1n) is 20.3. The van der Waals surface area contributed by atoms with E-state index >= 15 is 0 Å². The lowest BCUT2D eigenvalue weighted by Crippen LogP contribution is -2.36. The van der Waals surface area contributed by atoms with Gasteiger partial charge in [-0.25, -0.2) is 0 Å². The molecule has 0 rings (SSSR count). The molecule has 2 N–H and O–H groups in total. The van der Waals surface area contributed by atoms with Gasteiger partial charge >= 0.3 is 11.9 Å². The minimum atomic E-state index is -0.726. The van der Waals surface area contributed by atoms with Gasteiger partial charge in [-0.05, 0) is 37.5 Å². The van der Waals surface area contributed by atoms with Crippen molar-refractivity contribution in [2.45, 2.75) is 233 Å². The number of hydrogen-bond donors (Lipinski definition) is 2. The monoisotopic (exact) mass is 637 g/mol. The minimum Gasteiger partial charge on any atom is -0.481 e. The maximum absolute atomic E-state index is 13.5. The predicted octanol–water partition coefficient (Wildman–Crippen LogP) is 13.9. The molecule has 0 aromatic heterocycles. The fourth-order valence-electron chi connectivity index (χ4n) is 7.61. The van der Waals surface area contributed by atoms with E-state index in [1.165, 1.54) is 154 Å². The molecule has 2 atom stereocenters. The van der Waals surface area contributed by atoms with Crippen LogP contribution in [0.2, 0.25) is 0 Å². The topological polar surface area (TPSA) is 74.6 Å². The summed E-state index contributed by atoms with van der Waals surface area (Å²) in [6.07, 6.45) is 36.4. The Morgan fingerprint density at radius 2 is 0.756 bits per heavy atom.